The average Bonchev–Trinajstić information content (AvgIpc) is 2.13. The topological polar surface area (TPSA) is 75.3 Å². The molecule has 0 heterocycles. The molecular formula is C10H21ClN2O3S. The number of amides is 1. The van der Waals surface area contributed by atoms with Gasteiger partial charge in [-0.2, -0.15) is 0 Å². The molecule has 0 saturated carbocycles. The minimum Gasteiger partial charge on any atom is -0.350 e. The minimum absolute atomic E-state index is 0.00250. The van der Waals surface area contributed by atoms with Gasteiger partial charge in [-0.05, 0) is 33.6 Å². The maximum atomic E-state index is 11.4. The van der Waals surface area contributed by atoms with Crippen molar-refractivity contribution in [2.45, 2.75) is 39.2 Å². The number of rotatable bonds is 7. The van der Waals surface area contributed by atoms with Crippen LogP contribution in [0.25, 0.3) is 0 Å². The van der Waals surface area contributed by atoms with Crippen molar-refractivity contribution in [1.29, 1.82) is 0 Å². The zero-order chi connectivity index (χ0) is 13.5. The molecule has 0 unspecified atom stereocenters. The summed E-state index contributed by atoms with van der Waals surface area (Å²) in [7, 11) is -3.37. The maximum Gasteiger partial charge on any atom is 0.235 e. The zero-order valence-corrected chi connectivity index (χ0v) is 12.1. The summed E-state index contributed by atoms with van der Waals surface area (Å²) in [6.07, 6.45) is 1.15. The lowest BCUT2D eigenvalue weighted by Crippen LogP contribution is -2.46. The second-order valence-electron chi connectivity index (χ2n) is 4.83. The van der Waals surface area contributed by atoms with Gasteiger partial charge in [-0.15, -0.1) is 11.6 Å². The second kappa shape index (κ2) is 7.18. The Morgan fingerprint density at radius 3 is 2.29 bits per heavy atom. The average molecular weight is 285 g/mol. The van der Waals surface area contributed by atoms with E-state index in [9.17, 15) is 13.2 Å². The summed E-state index contributed by atoms with van der Waals surface area (Å²) in [4.78, 5) is 11.4. The molecule has 0 aromatic rings. The van der Waals surface area contributed by atoms with Crippen molar-refractivity contribution in [1.82, 2.24) is 10.0 Å². The SMILES string of the molecule is CC(C)(C)NC(=O)CNS(=O)(=O)CCCCCl. The molecule has 0 spiro atoms. The van der Waals surface area contributed by atoms with E-state index in [0.29, 0.717) is 18.7 Å². The fourth-order valence-electron chi connectivity index (χ4n) is 1.10. The molecule has 0 rings (SSSR count). The highest BCUT2D eigenvalue weighted by atomic mass is 35.5. The number of unbranched alkanes of at least 4 members (excludes halogenated alkanes) is 1. The van der Waals surface area contributed by atoms with Gasteiger partial charge >= 0.3 is 0 Å². The Hall–Kier alpha value is -0.330. The highest BCUT2D eigenvalue weighted by Crippen LogP contribution is 1.98. The van der Waals surface area contributed by atoms with Crippen molar-refractivity contribution in [3.63, 3.8) is 0 Å². The Kier molecular flexibility index (Phi) is 7.04. The van der Waals surface area contributed by atoms with Crippen molar-refractivity contribution >= 4 is 27.5 Å². The molecule has 0 atom stereocenters. The van der Waals surface area contributed by atoms with Gasteiger partial charge < -0.3 is 5.32 Å². The number of hydrogen-bond donors (Lipinski definition) is 2. The van der Waals surface area contributed by atoms with Crippen LogP contribution >= 0.6 is 11.6 Å². The molecule has 0 aliphatic carbocycles. The normalized spacial score (nSPS) is 12.5. The maximum absolute atomic E-state index is 11.4. The molecule has 0 bridgehead atoms. The largest absolute Gasteiger partial charge is 0.350 e. The molecule has 1 amide bonds. The molecule has 5 nitrogen and oxygen atoms in total. The van der Waals surface area contributed by atoms with Crippen LogP contribution in [-0.2, 0) is 14.8 Å². The summed E-state index contributed by atoms with van der Waals surface area (Å²) in [5, 5.41) is 2.67. The van der Waals surface area contributed by atoms with Gasteiger partial charge in [0.25, 0.3) is 0 Å². The Balaban J connectivity index is 3.97. The number of sulfonamides is 1. The third kappa shape index (κ3) is 10.5. The van der Waals surface area contributed by atoms with Crippen LogP contribution in [-0.4, -0.2) is 38.0 Å². The smallest absolute Gasteiger partial charge is 0.235 e. The molecule has 0 saturated heterocycles. The van der Waals surface area contributed by atoms with Crippen molar-refractivity contribution in [3.05, 3.63) is 0 Å². The lowest BCUT2D eigenvalue weighted by molar-refractivity contribution is -0.121. The Morgan fingerprint density at radius 1 is 1.24 bits per heavy atom. The van der Waals surface area contributed by atoms with Crippen LogP contribution in [0.2, 0.25) is 0 Å². The standard InChI is InChI=1S/C10H21ClN2O3S/c1-10(2,3)13-9(14)8-12-17(15,16)7-5-4-6-11/h12H,4-8H2,1-3H3,(H,13,14). The Morgan fingerprint density at radius 2 is 1.82 bits per heavy atom. The number of carbonyl (C=O) groups is 1. The number of nitrogens with one attached hydrogen (secondary N) is 2. The summed E-state index contributed by atoms with van der Waals surface area (Å²) in [6.45, 7) is 5.28. The van der Waals surface area contributed by atoms with E-state index in [2.05, 4.69) is 10.0 Å². The van der Waals surface area contributed by atoms with Gasteiger partial charge in [0.1, 0.15) is 0 Å². The van der Waals surface area contributed by atoms with Crippen molar-refractivity contribution < 1.29 is 13.2 Å². The molecule has 0 aromatic carbocycles. The molecule has 0 aliphatic rings. The highest BCUT2D eigenvalue weighted by Gasteiger charge is 2.16. The number of hydrogen-bond acceptors (Lipinski definition) is 3. The predicted molar refractivity (Wildman–Crippen MR) is 69.6 cm³/mol. The number of halogens is 1. The van der Waals surface area contributed by atoms with Crippen LogP contribution < -0.4 is 10.0 Å². The van der Waals surface area contributed by atoms with Gasteiger partial charge in [0.05, 0.1) is 12.3 Å². The van der Waals surface area contributed by atoms with Crippen molar-refractivity contribution in [2.75, 3.05) is 18.2 Å². The minimum atomic E-state index is -3.37. The molecule has 0 aliphatic heterocycles. The third-order valence-corrected chi connectivity index (χ3v) is 3.44. The number of alkyl halides is 1. The van der Waals surface area contributed by atoms with Crippen LogP contribution in [0.15, 0.2) is 0 Å². The second-order valence-corrected chi connectivity index (χ2v) is 7.14. The van der Waals surface area contributed by atoms with E-state index in [0.717, 1.165) is 0 Å². The fourth-order valence-corrected chi connectivity index (χ4v) is 2.37. The first-order valence-corrected chi connectivity index (χ1v) is 7.69. The predicted octanol–water partition coefficient (Wildman–Crippen LogP) is 0.839. The van der Waals surface area contributed by atoms with Gasteiger partial charge in [-0.3, -0.25) is 4.79 Å². The molecule has 102 valence electrons. The summed E-state index contributed by atoms with van der Waals surface area (Å²) >= 11 is 5.45. The number of carbonyl (C=O) groups excluding carboxylic acids is 1. The van der Waals surface area contributed by atoms with Gasteiger partial charge in [-0.1, -0.05) is 0 Å². The summed E-state index contributed by atoms with van der Waals surface area (Å²) in [6, 6.07) is 0. The molecule has 0 radical (unpaired) electrons. The van der Waals surface area contributed by atoms with Crippen molar-refractivity contribution in [3.8, 4) is 0 Å². The molecule has 17 heavy (non-hydrogen) atoms. The van der Waals surface area contributed by atoms with Crippen LogP contribution in [0.5, 0.6) is 0 Å². The monoisotopic (exact) mass is 284 g/mol. The summed E-state index contributed by atoms with van der Waals surface area (Å²) < 4.78 is 25.1. The lowest BCUT2D eigenvalue weighted by Gasteiger charge is -2.20. The van der Waals surface area contributed by atoms with E-state index < -0.39 is 10.0 Å². The summed E-state index contributed by atoms with van der Waals surface area (Å²) in [5.41, 5.74) is -0.360. The molecule has 0 fully saturated rings. The van der Waals surface area contributed by atoms with E-state index in [1.54, 1.807) is 0 Å². The molecule has 0 aromatic heterocycles. The fraction of sp³-hybridized carbons (Fsp3) is 0.900. The molecule has 2 N–H and O–H groups in total. The van der Waals surface area contributed by atoms with Gasteiger partial charge in [-0.25, -0.2) is 13.1 Å². The molecule has 7 heteroatoms. The first-order valence-electron chi connectivity index (χ1n) is 5.50. The quantitative estimate of drug-likeness (QED) is 0.537. The molecular weight excluding hydrogens is 264 g/mol. The Labute approximate surface area is 108 Å². The van der Waals surface area contributed by atoms with Crippen LogP contribution in [0.3, 0.4) is 0 Å². The van der Waals surface area contributed by atoms with E-state index in [1.165, 1.54) is 0 Å². The van der Waals surface area contributed by atoms with Gasteiger partial charge in [0.2, 0.25) is 15.9 Å². The zero-order valence-electron chi connectivity index (χ0n) is 10.5. The van der Waals surface area contributed by atoms with E-state index in [-0.39, 0.29) is 23.7 Å². The summed E-state index contributed by atoms with van der Waals surface area (Å²) in [5.74, 6) is 0.112. The van der Waals surface area contributed by atoms with Crippen LogP contribution in [0, 0.1) is 0 Å². The first-order chi connectivity index (χ1) is 7.66. The van der Waals surface area contributed by atoms with Gasteiger partial charge in [0, 0.05) is 11.4 Å². The van der Waals surface area contributed by atoms with E-state index in [1.807, 2.05) is 20.8 Å². The van der Waals surface area contributed by atoms with Crippen molar-refractivity contribution in [2.24, 2.45) is 0 Å². The van der Waals surface area contributed by atoms with Crippen LogP contribution in [0.4, 0.5) is 0 Å². The van der Waals surface area contributed by atoms with Crippen LogP contribution in [0.1, 0.15) is 33.6 Å². The third-order valence-electron chi connectivity index (χ3n) is 1.76. The lowest BCUT2D eigenvalue weighted by atomic mass is 10.1. The Bertz CT molecular complexity index is 336. The van der Waals surface area contributed by atoms with Gasteiger partial charge in [0.15, 0.2) is 0 Å². The van der Waals surface area contributed by atoms with E-state index in [4.69, 9.17) is 11.6 Å². The highest BCUT2D eigenvalue weighted by molar-refractivity contribution is 7.89. The first kappa shape index (κ1) is 16.7. The van der Waals surface area contributed by atoms with E-state index >= 15 is 0 Å².